The molecule has 0 spiro atoms. The Morgan fingerprint density at radius 1 is 1.29 bits per heavy atom. The van der Waals surface area contributed by atoms with Gasteiger partial charge in [-0.3, -0.25) is 4.90 Å². The highest BCUT2D eigenvalue weighted by molar-refractivity contribution is 5.37. The van der Waals surface area contributed by atoms with Crippen molar-refractivity contribution >= 4 is 0 Å². The Labute approximate surface area is 129 Å². The predicted molar refractivity (Wildman–Crippen MR) is 88.7 cm³/mol. The van der Waals surface area contributed by atoms with Crippen molar-refractivity contribution < 1.29 is 4.74 Å². The van der Waals surface area contributed by atoms with Crippen LogP contribution in [0.4, 0.5) is 0 Å². The van der Waals surface area contributed by atoms with Gasteiger partial charge in [0, 0.05) is 24.7 Å². The summed E-state index contributed by atoms with van der Waals surface area (Å²) in [5, 5.41) is 3.40. The Morgan fingerprint density at radius 2 is 2.10 bits per heavy atom. The molecular weight excluding hydrogens is 260 g/mol. The van der Waals surface area contributed by atoms with Crippen LogP contribution in [0.25, 0.3) is 0 Å². The van der Waals surface area contributed by atoms with Crippen molar-refractivity contribution in [1.29, 1.82) is 0 Å². The second-order valence-electron chi connectivity index (χ2n) is 5.98. The summed E-state index contributed by atoms with van der Waals surface area (Å²) in [5.41, 5.74) is 2.68. The third kappa shape index (κ3) is 5.01. The minimum Gasteiger partial charge on any atom is -0.496 e. The maximum Gasteiger partial charge on any atom is 0.123 e. The van der Waals surface area contributed by atoms with Gasteiger partial charge < -0.3 is 10.1 Å². The second kappa shape index (κ2) is 8.40. The molecule has 0 atom stereocenters. The van der Waals surface area contributed by atoms with Crippen LogP contribution in [0.1, 0.15) is 50.7 Å². The topological polar surface area (TPSA) is 24.5 Å². The van der Waals surface area contributed by atoms with E-state index in [-0.39, 0.29) is 0 Å². The van der Waals surface area contributed by atoms with E-state index in [0.29, 0.717) is 0 Å². The third-order valence-electron chi connectivity index (χ3n) is 4.16. The summed E-state index contributed by atoms with van der Waals surface area (Å²) >= 11 is 0. The van der Waals surface area contributed by atoms with E-state index in [1.54, 1.807) is 7.11 Å². The van der Waals surface area contributed by atoms with Crippen molar-refractivity contribution in [1.82, 2.24) is 10.2 Å². The fourth-order valence-corrected chi connectivity index (χ4v) is 2.75. The largest absolute Gasteiger partial charge is 0.496 e. The van der Waals surface area contributed by atoms with E-state index in [9.17, 15) is 0 Å². The molecule has 1 N–H and O–H groups in total. The normalized spacial score (nSPS) is 14.7. The van der Waals surface area contributed by atoms with Crippen LogP contribution in [0.15, 0.2) is 18.2 Å². The molecule has 0 heterocycles. The van der Waals surface area contributed by atoms with Crippen molar-refractivity contribution in [3.8, 4) is 5.75 Å². The first kappa shape index (κ1) is 16.3. The summed E-state index contributed by atoms with van der Waals surface area (Å²) < 4.78 is 5.56. The molecule has 1 aromatic rings. The fraction of sp³-hybridized carbons (Fsp3) is 0.667. The van der Waals surface area contributed by atoms with Crippen LogP contribution in [0.5, 0.6) is 5.75 Å². The van der Waals surface area contributed by atoms with Crippen LogP contribution in [0.2, 0.25) is 0 Å². The van der Waals surface area contributed by atoms with E-state index in [2.05, 4.69) is 42.3 Å². The Kier molecular flexibility index (Phi) is 6.52. The standard InChI is InChI=1S/C18H30N2O/c1-4-6-11-20(17-8-9-17)14-16-12-15(13-19-5-2)7-10-18(16)21-3/h7,10,12,17,19H,4-6,8-9,11,13-14H2,1-3H3. The van der Waals surface area contributed by atoms with Gasteiger partial charge in [0.2, 0.25) is 0 Å². The van der Waals surface area contributed by atoms with E-state index in [1.807, 2.05) is 0 Å². The summed E-state index contributed by atoms with van der Waals surface area (Å²) in [6, 6.07) is 7.40. The molecule has 0 unspecified atom stereocenters. The molecule has 2 rings (SSSR count). The summed E-state index contributed by atoms with van der Waals surface area (Å²) in [7, 11) is 1.77. The maximum absolute atomic E-state index is 5.56. The van der Waals surface area contributed by atoms with Crippen molar-refractivity contribution in [3.63, 3.8) is 0 Å². The van der Waals surface area contributed by atoms with Gasteiger partial charge in [0.05, 0.1) is 7.11 Å². The number of benzene rings is 1. The molecule has 1 fully saturated rings. The average Bonchev–Trinajstić information content (AvgIpc) is 3.34. The van der Waals surface area contributed by atoms with Crippen molar-refractivity contribution in [3.05, 3.63) is 29.3 Å². The molecule has 1 aliphatic carbocycles. The Morgan fingerprint density at radius 3 is 2.71 bits per heavy atom. The SMILES string of the molecule is CCCCN(Cc1cc(CNCC)ccc1OC)C1CC1. The molecule has 0 bridgehead atoms. The molecule has 3 nitrogen and oxygen atoms in total. The molecule has 0 aromatic heterocycles. The van der Waals surface area contributed by atoms with Crippen LogP contribution in [0, 0.1) is 0 Å². The number of rotatable bonds is 10. The van der Waals surface area contributed by atoms with E-state index >= 15 is 0 Å². The lowest BCUT2D eigenvalue weighted by atomic mass is 10.1. The smallest absolute Gasteiger partial charge is 0.123 e. The molecular formula is C18H30N2O. The molecule has 21 heavy (non-hydrogen) atoms. The van der Waals surface area contributed by atoms with E-state index in [0.717, 1.165) is 31.4 Å². The maximum atomic E-state index is 5.56. The summed E-state index contributed by atoms with van der Waals surface area (Å²) in [6.07, 6.45) is 5.28. The van der Waals surface area contributed by atoms with Gasteiger partial charge in [-0.05, 0) is 50.0 Å². The fourth-order valence-electron chi connectivity index (χ4n) is 2.75. The summed E-state index contributed by atoms with van der Waals surface area (Å²) in [4.78, 5) is 2.64. The highest BCUT2D eigenvalue weighted by Gasteiger charge is 2.28. The third-order valence-corrected chi connectivity index (χ3v) is 4.16. The molecule has 0 aliphatic heterocycles. The Hall–Kier alpha value is -1.06. The summed E-state index contributed by atoms with van der Waals surface area (Å²) in [6.45, 7) is 8.58. The zero-order chi connectivity index (χ0) is 15.1. The van der Waals surface area contributed by atoms with Crippen LogP contribution < -0.4 is 10.1 Å². The lowest BCUT2D eigenvalue weighted by Gasteiger charge is -2.23. The lowest BCUT2D eigenvalue weighted by Crippen LogP contribution is -2.27. The molecule has 0 radical (unpaired) electrons. The van der Waals surface area contributed by atoms with Gasteiger partial charge in [-0.15, -0.1) is 0 Å². The zero-order valence-electron chi connectivity index (χ0n) is 13.8. The molecule has 3 heteroatoms. The molecule has 1 aromatic carbocycles. The average molecular weight is 290 g/mol. The zero-order valence-corrected chi connectivity index (χ0v) is 13.8. The molecule has 0 amide bonds. The number of unbranched alkanes of at least 4 members (excludes halogenated alkanes) is 1. The number of hydrogen-bond acceptors (Lipinski definition) is 3. The Bertz CT molecular complexity index is 429. The summed E-state index contributed by atoms with van der Waals surface area (Å²) in [5.74, 6) is 1.03. The van der Waals surface area contributed by atoms with Crippen molar-refractivity contribution in [2.45, 2.75) is 58.7 Å². The van der Waals surface area contributed by atoms with Crippen LogP contribution in [0.3, 0.4) is 0 Å². The van der Waals surface area contributed by atoms with Crippen molar-refractivity contribution in [2.75, 3.05) is 20.2 Å². The number of methoxy groups -OCH3 is 1. The number of hydrogen-bond donors (Lipinski definition) is 1. The van der Waals surface area contributed by atoms with E-state index in [4.69, 9.17) is 4.74 Å². The predicted octanol–water partition coefficient (Wildman–Crippen LogP) is 3.57. The second-order valence-corrected chi connectivity index (χ2v) is 5.98. The molecule has 0 saturated heterocycles. The minimum absolute atomic E-state index is 0.804. The van der Waals surface area contributed by atoms with Gasteiger partial charge in [-0.2, -0.15) is 0 Å². The lowest BCUT2D eigenvalue weighted by molar-refractivity contribution is 0.246. The molecule has 1 aliphatic rings. The monoisotopic (exact) mass is 290 g/mol. The van der Waals surface area contributed by atoms with Gasteiger partial charge in [-0.1, -0.05) is 26.3 Å². The van der Waals surface area contributed by atoms with E-state index < -0.39 is 0 Å². The quantitative estimate of drug-likeness (QED) is 0.713. The van der Waals surface area contributed by atoms with E-state index in [1.165, 1.54) is 43.4 Å². The first-order valence-electron chi connectivity index (χ1n) is 8.39. The number of nitrogens with one attached hydrogen (secondary N) is 1. The minimum atomic E-state index is 0.804. The first-order valence-corrected chi connectivity index (χ1v) is 8.39. The molecule has 118 valence electrons. The first-order chi connectivity index (χ1) is 10.3. The van der Waals surface area contributed by atoms with Gasteiger partial charge in [0.15, 0.2) is 0 Å². The number of nitrogens with zero attached hydrogens (tertiary/aromatic N) is 1. The van der Waals surface area contributed by atoms with Gasteiger partial charge in [0.1, 0.15) is 5.75 Å². The van der Waals surface area contributed by atoms with Crippen LogP contribution in [-0.4, -0.2) is 31.1 Å². The molecule has 1 saturated carbocycles. The number of ether oxygens (including phenoxy) is 1. The van der Waals surface area contributed by atoms with Gasteiger partial charge in [-0.25, -0.2) is 0 Å². The van der Waals surface area contributed by atoms with Gasteiger partial charge >= 0.3 is 0 Å². The van der Waals surface area contributed by atoms with Crippen LogP contribution >= 0.6 is 0 Å². The highest BCUT2D eigenvalue weighted by Crippen LogP contribution is 2.31. The van der Waals surface area contributed by atoms with Gasteiger partial charge in [0.25, 0.3) is 0 Å². The van der Waals surface area contributed by atoms with Crippen molar-refractivity contribution in [2.24, 2.45) is 0 Å². The highest BCUT2D eigenvalue weighted by atomic mass is 16.5. The Balaban J connectivity index is 2.07. The van der Waals surface area contributed by atoms with Crippen LogP contribution in [-0.2, 0) is 13.1 Å².